The number of carbonyl (C=O) groups is 2. The van der Waals surface area contributed by atoms with Gasteiger partial charge in [-0.2, -0.15) is 0 Å². The average molecular weight is 318 g/mol. The van der Waals surface area contributed by atoms with Crippen LogP contribution in [-0.2, 0) is 11.2 Å². The number of ether oxygens (including phenoxy) is 1. The van der Waals surface area contributed by atoms with E-state index in [0.717, 1.165) is 38.0 Å². The van der Waals surface area contributed by atoms with Gasteiger partial charge in [0.25, 0.3) is 0 Å². The number of nitrogens with one attached hydrogen (secondary N) is 1. The largest absolute Gasteiger partial charge is 0.496 e. The van der Waals surface area contributed by atoms with E-state index in [1.807, 2.05) is 11.9 Å². The third-order valence-corrected chi connectivity index (χ3v) is 4.49. The molecule has 0 saturated carbocycles. The molecule has 0 bridgehead atoms. The Kier molecular flexibility index (Phi) is 6.16. The van der Waals surface area contributed by atoms with Crippen molar-refractivity contribution in [3.8, 4) is 5.75 Å². The summed E-state index contributed by atoms with van der Waals surface area (Å²) < 4.78 is 5.33. The number of nitrogens with zero attached hydrogens (tertiary/aromatic N) is 1. The second-order valence-corrected chi connectivity index (χ2v) is 6.14. The Morgan fingerprint density at radius 1 is 1.30 bits per heavy atom. The monoisotopic (exact) mass is 318 g/mol. The number of likely N-dealkylation sites (tertiary alicyclic amines) is 1. The number of ketones is 1. The number of piperidine rings is 1. The molecule has 23 heavy (non-hydrogen) atoms. The molecule has 2 rings (SSSR count). The van der Waals surface area contributed by atoms with Crippen molar-refractivity contribution < 1.29 is 14.3 Å². The average Bonchev–Trinajstić information content (AvgIpc) is 2.55. The van der Waals surface area contributed by atoms with Crippen LogP contribution in [0.5, 0.6) is 5.75 Å². The summed E-state index contributed by atoms with van der Waals surface area (Å²) in [7, 11) is 3.55. The maximum absolute atomic E-state index is 12.6. The summed E-state index contributed by atoms with van der Waals surface area (Å²) in [6.07, 6.45) is 2.36. The lowest BCUT2D eigenvalue weighted by Gasteiger charge is -2.32. The van der Waals surface area contributed by atoms with Gasteiger partial charge in [-0.3, -0.25) is 9.59 Å². The maximum Gasteiger partial charge on any atom is 0.227 e. The Labute approximate surface area is 138 Å². The van der Waals surface area contributed by atoms with E-state index < -0.39 is 0 Å². The fourth-order valence-electron chi connectivity index (χ4n) is 3.09. The topological polar surface area (TPSA) is 58.6 Å². The Bertz CT molecular complexity index is 563. The van der Waals surface area contributed by atoms with Gasteiger partial charge in [0.1, 0.15) is 5.75 Å². The van der Waals surface area contributed by atoms with Crippen LogP contribution in [0, 0.1) is 5.92 Å². The van der Waals surface area contributed by atoms with E-state index in [0.29, 0.717) is 17.2 Å². The van der Waals surface area contributed by atoms with Crippen molar-refractivity contribution in [1.82, 2.24) is 10.2 Å². The highest BCUT2D eigenvalue weighted by Crippen LogP contribution is 2.23. The highest BCUT2D eigenvalue weighted by atomic mass is 16.5. The SMILES string of the molecule is CNCC1CCN(C(=O)Cc2cc(C(C)=O)ccc2OC)CC1. The molecular weight excluding hydrogens is 292 g/mol. The lowest BCUT2D eigenvalue weighted by molar-refractivity contribution is -0.131. The molecule has 0 radical (unpaired) electrons. The molecule has 0 aliphatic carbocycles. The zero-order valence-electron chi connectivity index (χ0n) is 14.2. The molecule has 0 aromatic heterocycles. The van der Waals surface area contributed by atoms with Crippen LogP contribution in [0.4, 0.5) is 0 Å². The number of hydrogen-bond acceptors (Lipinski definition) is 4. The predicted molar refractivity (Wildman–Crippen MR) is 89.9 cm³/mol. The number of methoxy groups -OCH3 is 1. The fraction of sp³-hybridized carbons (Fsp3) is 0.556. The van der Waals surface area contributed by atoms with Crippen molar-refractivity contribution in [2.75, 3.05) is 33.8 Å². The molecule has 5 nitrogen and oxygen atoms in total. The molecular formula is C18H26N2O3. The molecule has 1 saturated heterocycles. The zero-order valence-corrected chi connectivity index (χ0v) is 14.2. The van der Waals surface area contributed by atoms with Gasteiger partial charge in [0.15, 0.2) is 5.78 Å². The van der Waals surface area contributed by atoms with E-state index in [9.17, 15) is 9.59 Å². The van der Waals surface area contributed by atoms with Gasteiger partial charge in [0.2, 0.25) is 5.91 Å². The summed E-state index contributed by atoms with van der Waals surface area (Å²) >= 11 is 0. The first-order valence-corrected chi connectivity index (χ1v) is 8.15. The quantitative estimate of drug-likeness (QED) is 0.814. The van der Waals surface area contributed by atoms with Crippen molar-refractivity contribution >= 4 is 11.7 Å². The number of rotatable bonds is 6. The summed E-state index contributed by atoms with van der Waals surface area (Å²) in [4.78, 5) is 26.0. The molecule has 1 aliphatic heterocycles. The maximum atomic E-state index is 12.6. The van der Waals surface area contributed by atoms with Gasteiger partial charge in [0, 0.05) is 24.2 Å². The van der Waals surface area contributed by atoms with Gasteiger partial charge in [-0.25, -0.2) is 0 Å². The minimum atomic E-state index is -0.00534. The Hall–Kier alpha value is -1.88. The van der Waals surface area contributed by atoms with Crippen LogP contribution < -0.4 is 10.1 Å². The molecule has 0 atom stereocenters. The van der Waals surface area contributed by atoms with Gasteiger partial charge in [0.05, 0.1) is 13.5 Å². The second kappa shape index (κ2) is 8.11. The molecule has 1 fully saturated rings. The lowest BCUT2D eigenvalue weighted by atomic mass is 9.96. The number of Topliss-reactive ketones (excluding diaryl/α,β-unsaturated/α-hetero) is 1. The first kappa shape index (κ1) is 17.5. The molecule has 1 aromatic rings. The number of hydrogen-bond donors (Lipinski definition) is 1. The first-order valence-electron chi connectivity index (χ1n) is 8.15. The van der Waals surface area contributed by atoms with Gasteiger partial charge in [-0.1, -0.05) is 0 Å². The smallest absolute Gasteiger partial charge is 0.227 e. The molecule has 1 amide bonds. The molecule has 1 heterocycles. The normalized spacial score (nSPS) is 15.5. The Morgan fingerprint density at radius 3 is 2.57 bits per heavy atom. The zero-order chi connectivity index (χ0) is 16.8. The van der Waals surface area contributed by atoms with Gasteiger partial charge < -0.3 is 15.0 Å². The Balaban J connectivity index is 2.02. The van der Waals surface area contributed by atoms with E-state index in [1.54, 1.807) is 25.3 Å². The highest BCUT2D eigenvalue weighted by molar-refractivity contribution is 5.94. The lowest BCUT2D eigenvalue weighted by Crippen LogP contribution is -2.41. The summed E-state index contributed by atoms with van der Waals surface area (Å²) in [6, 6.07) is 5.27. The van der Waals surface area contributed by atoms with Crippen molar-refractivity contribution in [2.45, 2.75) is 26.2 Å². The van der Waals surface area contributed by atoms with Gasteiger partial charge in [-0.05, 0) is 57.5 Å². The van der Waals surface area contributed by atoms with E-state index in [1.165, 1.54) is 6.92 Å². The van der Waals surface area contributed by atoms with E-state index >= 15 is 0 Å². The van der Waals surface area contributed by atoms with E-state index in [4.69, 9.17) is 4.74 Å². The molecule has 1 aliphatic rings. The molecule has 5 heteroatoms. The van der Waals surface area contributed by atoms with Crippen molar-refractivity contribution in [3.63, 3.8) is 0 Å². The van der Waals surface area contributed by atoms with Crippen LogP contribution in [0.1, 0.15) is 35.7 Å². The van der Waals surface area contributed by atoms with Crippen LogP contribution >= 0.6 is 0 Å². The minimum absolute atomic E-state index is 0.00534. The minimum Gasteiger partial charge on any atom is -0.496 e. The summed E-state index contributed by atoms with van der Waals surface area (Å²) in [5, 5.41) is 3.20. The molecule has 1 N–H and O–H groups in total. The Morgan fingerprint density at radius 2 is 2.00 bits per heavy atom. The first-order chi connectivity index (χ1) is 11.0. The van der Waals surface area contributed by atoms with E-state index in [-0.39, 0.29) is 18.1 Å². The van der Waals surface area contributed by atoms with E-state index in [2.05, 4.69) is 5.32 Å². The van der Waals surface area contributed by atoms with Gasteiger partial charge >= 0.3 is 0 Å². The molecule has 126 valence electrons. The third-order valence-electron chi connectivity index (χ3n) is 4.49. The second-order valence-electron chi connectivity index (χ2n) is 6.14. The molecule has 0 unspecified atom stereocenters. The van der Waals surface area contributed by atoms with Crippen LogP contribution in [0.15, 0.2) is 18.2 Å². The van der Waals surface area contributed by atoms with Crippen molar-refractivity contribution in [1.29, 1.82) is 0 Å². The molecule has 1 aromatic carbocycles. The van der Waals surface area contributed by atoms with Crippen LogP contribution in [-0.4, -0.2) is 50.4 Å². The number of amides is 1. The molecule has 0 spiro atoms. The predicted octanol–water partition coefficient (Wildman–Crippen LogP) is 1.90. The fourth-order valence-corrected chi connectivity index (χ4v) is 3.09. The van der Waals surface area contributed by atoms with Crippen LogP contribution in [0.25, 0.3) is 0 Å². The highest BCUT2D eigenvalue weighted by Gasteiger charge is 2.23. The van der Waals surface area contributed by atoms with Gasteiger partial charge in [-0.15, -0.1) is 0 Å². The van der Waals surface area contributed by atoms with Crippen LogP contribution in [0.2, 0.25) is 0 Å². The number of carbonyl (C=O) groups excluding carboxylic acids is 2. The summed E-state index contributed by atoms with van der Waals surface area (Å²) in [5.41, 5.74) is 1.39. The summed E-state index contributed by atoms with van der Waals surface area (Å²) in [5.74, 6) is 1.41. The standard InChI is InChI=1S/C18H26N2O3/c1-13(21)15-4-5-17(23-3)16(10-15)11-18(22)20-8-6-14(7-9-20)12-19-2/h4-5,10,14,19H,6-9,11-12H2,1-3H3. The summed E-state index contributed by atoms with van der Waals surface area (Å²) in [6.45, 7) is 4.15. The van der Waals surface area contributed by atoms with Crippen molar-refractivity contribution in [3.05, 3.63) is 29.3 Å². The third kappa shape index (κ3) is 4.55. The number of benzene rings is 1. The van der Waals surface area contributed by atoms with Crippen molar-refractivity contribution in [2.24, 2.45) is 5.92 Å². The van der Waals surface area contributed by atoms with Crippen LogP contribution in [0.3, 0.4) is 0 Å².